The number of piperidine rings is 1. The predicted octanol–water partition coefficient (Wildman–Crippen LogP) is 2.70. The average molecular weight is 234 g/mol. The topological polar surface area (TPSA) is 25.2 Å². The van der Waals surface area contributed by atoms with Crippen molar-refractivity contribution < 1.29 is 4.79 Å². The van der Waals surface area contributed by atoms with Crippen LogP contribution in [0.4, 0.5) is 0 Å². The first kappa shape index (κ1) is 12.4. The summed E-state index contributed by atoms with van der Waals surface area (Å²) in [6.45, 7) is 5.61. The fraction of sp³-hybridized carbons (Fsp3) is 0.643. The van der Waals surface area contributed by atoms with Crippen molar-refractivity contribution in [3.63, 3.8) is 0 Å². The summed E-state index contributed by atoms with van der Waals surface area (Å²) in [6.07, 6.45) is 8.20. The molecule has 3 nitrogen and oxygen atoms in total. The molecule has 1 aliphatic heterocycles. The fourth-order valence-electron chi connectivity index (χ4n) is 2.42. The van der Waals surface area contributed by atoms with Crippen LogP contribution in [0, 0.1) is 5.92 Å². The summed E-state index contributed by atoms with van der Waals surface area (Å²) in [5, 5.41) is 0. The van der Waals surface area contributed by atoms with Gasteiger partial charge in [0, 0.05) is 24.9 Å². The van der Waals surface area contributed by atoms with Gasteiger partial charge in [0.1, 0.15) is 5.78 Å². The van der Waals surface area contributed by atoms with Crippen molar-refractivity contribution in [1.82, 2.24) is 9.47 Å². The molecule has 17 heavy (non-hydrogen) atoms. The van der Waals surface area contributed by atoms with Crippen LogP contribution >= 0.6 is 0 Å². The van der Waals surface area contributed by atoms with Crippen LogP contribution in [-0.2, 0) is 4.79 Å². The van der Waals surface area contributed by atoms with E-state index in [-0.39, 0.29) is 5.92 Å². The summed E-state index contributed by atoms with van der Waals surface area (Å²) in [4.78, 5) is 14.2. The van der Waals surface area contributed by atoms with Crippen molar-refractivity contribution in [2.45, 2.75) is 39.3 Å². The molecule has 0 saturated carbocycles. The van der Waals surface area contributed by atoms with Crippen LogP contribution in [0.2, 0.25) is 0 Å². The highest BCUT2D eigenvalue weighted by Crippen LogP contribution is 2.26. The second-order valence-corrected chi connectivity index (χ2v) is 5.20. The van der Waals surface area contributed by atoms with E-state index in [1.807, 2.05) is 13.8 Å². The molecule has 0 spiro atoms. The number of nitrogens with zero attached hydrogens (tertiary/aromatic N) is 2. The molecule has 3 heteroatoms. The molecule has 2 rings (SSSR count). The third kappa shape index (κ3) is 2.97. The molecule has 0 N–H and O–H groups in total. The zero-order valence-electron chi connectivity index (χ0n) is 10.8. The lowest BCUT2D eigenvalue weighted by Gasteiger charge is -2.36. The van der Waals surface area contributed by atoms with Gasteiger partial charge in [0.15, 0.2) is 0 Å². The normalized spacial score (nSPS) is 21.9. The molecule has 0 radical (unpaired) electrons. The predicted molar refractivity (Wildman–Crippen MR) is 68.7 cm³/mol. The van der Waals surface area contributed by atoms with Crippen molar-refractivity contribution >= 4 is 5.78 Å². The zero-order valence-corrected chi connectivity index (χ0v) is 10.8. The molecular formula is C14H22N2O. The van der Waals surface area contributed by atoms with E-state index in [1.165, 1.54) is 12.8 Å². The minimum Gasteiger partial charge on any atom is -0.338 e. The van der Waals surface area contributed by atoms with E-state index in [0.29, 0.717) is 18.5 Å². The summed E-state index contributed by atoms with van der Waals surface area (Å²) in [5.41, 5.74) is 0. The van der Waals surface area contributed by atoms with Crippen molar-refractivity contribution in [2.24, 2.45) is 5.92 Å². The Morgan fingerprint density at radius 3 is 2.65 bits per heavy atom. The number of ketones is 1. The van der Waals surface area contributed by atoms with E-state index >= 15 is 0 Å². The first-order valence-corrected chi connectivity index (χ1v) is 6.57. The fourth-order valence-corrected chi connectivity index (χ4v) is 2.42. The minimum absolute atomic E-state index is 0.141. The lowest BCUT2D eigenvalue weighted by atomic mass is 10.0. The van der Waals surface area contributed by atoms with Gasteiger partial charge in [0.05, 0.1) is 12.7 Å². The number of hydrogen-bond donors (Lipinski definition) is 0. The molecule has 0 amide bonds. The average Bonchev–Trinajstić information content (AvgIpc) is 2.83. The van der Waals surface area contributed by atoms with Gasteiger partial charge in [0.25, 0.3) is 0 Å². The summed E-state index contributed by atoms with van der Waals surface area (Å²) in [7, 11) is 0. The van der Waals surface area contributed by atoms with Crippen LogP contribution in [0.3, 0.4) is 0 Å². The van der Waals surface area contributed by atoms with Crippen LogP contribution in [0.15, 0.2) is 24.5 Å². The van der Waals surface area contributed by atoms with Crippen molar-refractivity contribution in [1.29, 1.82) is 0 Å². The van der Waals surface area contributed by atoms with E-state index in [9.17, 15) is 4.79 Å². The quantitative estimate of drug-likeness (QED) is 0.800. The molecule has 1 unspecified atom stereocenters. The molecule has 1 fully saturated rings. The second kappa shape index (κ2) is 5.50. The Bertz CT molecular complexity index is 356. The second-order valence-electron chi connectivity index (χ2n) is 5.20. The van der Waals surface area contributed by atoms with Crippen molar-refractivity contribution in [3.8, 4) is 0 Å². The number of Topliss-reactive ketones (excluding diaryl/α,β-unsaturated/α-hetero) is 1. The van der Waals surface area contributed by atoms with Gasteiger partial charge in [-0.25, -0.2) is 0 Å². The Morgan fingerprint density at radius 2 is 2.00 bits per heavy atom. The van der Waals surface area contributed by atoms with Gasteiger partial charge in [-0.3, -0.25) is 9.69 Å². The summed E-state index contributed by atoms with van der Waals surface area (Å²) >= 11 is 0. The number of likely N-dealkylation sites (tertiary alicyclic amines) is 1. The Kier molecular flexibility index (Phi) is 4.00. The van der Waals surface area contributed by atoms with Gasteiger partial charge in [-0.2, -0.15) is 0 Å². The van der Waals surface area contributed by atoms with Gasteiger partial charge in [-0.05, 0) is 31.4 Å². The smallest absolute Gasteiger partial charge is 0.149 e. The molecule has 1 saturated heterocycles. The number of hydrogen-bond acceptors (Lipinski definition) is 2. The molecular weight excluding hydrogens is 212 g/mol. The van der Waals surface area contributed by atoms with Gasteiger partial charge >= 0.3 is 0 Å². The van der Waals surface area contributed by atoms with E-state index in [1.54, 1.807) is 0 Å². The van der Waals surface area contributed by atoms with E-state index in [4.69, 9.17) is 0 Å². The van der Waals surface area contributed by atoms with Crippen LogP contribution in [0.5, 0.6) is 0 Å². The molecule has 1 aliphatic rings. The maximum absolute atomic E-state index is 11.9. The maximum Gasteiger partial charge on any atom is 0.149 e. The van der Waals surface area contributed by atoms with Crippen molar-refractivity contribution in [2.75, 3.05) is 13.1 Å². The number of carbonyl (C=O) groups excluding carboxylic acids is 1. The first-order valence-electron chi connectivity index (χ1n) is 6.57. The molecule has 0 bridgehead atoms. The molecule has 1 atom stereocenters. The SMILES string of the molecule is CC(C)C(=O)CN1CCCCC1n1cccc1. The summed E-state index contributed by atoms with van der Waals surface area (Å²) < 4.78 is 2.23. The largest absolute Gasteiger partial charge is 0.338 e. The molecule has 0 aromatic carbocycles. The lowest BCUT2D eigenvalue weighted by molar-refractivity contribution is -0.124. The molecule has 1 aromatic heterocycles. The lowest BCUT2D eigenvalue weighted by Crippen LogP contribution is -2.40. The summed E-state index contributed by atoms with van der Waals surface area (Å²) in [5.74, 6) is 0.492. The van der Waals surface area contributed by atoms with Crippen LogP contribution in [0.1, 0.15) is 39.3 Å². The van der Waals surface area contributed by atoms with Crippen LogP contribution in [0.25, 0.3) is 0 Å². The molecule has 2 heterocycles. The third-order valence-corrected chi connectivity index (χ3v) is 3.55. The Morgan fingerprint density at radius 1 is 1.29 bits per heavy atom. The van der Waals surface area contributed by atoms with Gasteiger partial charge in [-0.1, -0.05) is 13.8 Å². The molecule has 1 aromatic rings. The molecule has 94 valence electrons. The van der Waals surface area contributed by atoms with Gasteiger partial charge < -0.3 is 4.57 Å². The standard InChI is InChI=1S/C14H22N2O/c1-12(2)13(17)11-16-10-4-3-7-14(16)15-8-5-6-9-15/h5-6,8-9,12,14H,3-4,7,10-11H2,1-2H3. The van der Waals surface area contributed by atoms with Gasteiger partial charge in [0.2, 0.25) is 0 Å². The third-order valence-electron chi connectivity index (χ3n) is 3.55. The maximum atomic E-state index is 11.9. The van der Waals surface area contributed by atoms with Gasteiger partial charge in [-0.15, -0.1) is 0 Å². The monoisotopic (exact) mass is 234 g/mol. The van der Waals surface area contributed by atoms with Crippen LogP contribution < -0.4 is 0 Å². The zero-order chi connectivity index (χ0) is 12.3. The van der Waals surface area contributed by atoms with Crippen molar-refractivity contribution in [3.05, 3.63) is 24.5 Å². The van der Waals surface area contributed by atoms with Crippen LogP contribution in [-0.4, -0.2) is 28.3 Å². The minimum atomic E-state index is 0.141. The molecule has 0 aliphatic carbocycles. The number of rotatable bonds is 4. The first-order chi connectivity index (χ1) is 8.18. The highest BCUT2D eigenvalue weighted by atomic mass is 16.1. The highest BCUT2D eigenvalue weighted by molar-refractivity contribution is 5.82. The summed E-state index contributed by atoms with van der Waals surface area (Å²) in [6, 6.07) is 4.11. The Hall–Kier alpha value is -1.09. The Labute approximate surface area is 103 Å². The van der Waals surface area contributed by atoms with E-state index < -0.39 is 0 Å². The number of aromatic nitrogens is 1. The Balaban J connectivity index is 2.05. The number of carbonyl (C=O) groups is 1. The van der Waals surface area contributed by atoms with E-state index in [0.717, 1.165) is 13.0 Å². The van der Waals surface area contributed by atoms with E-state index in [2.05, 4.69) is 34.0 Å². The highest BCUT2D eigenvalue weighted by Gasteiger charge is 2.25.